The molecule has 0 fully saturated rings. The van der Waals surface area contributed by atoms with E-state index in [-0.39, 0.29) is 11.5 Å². The van der Waals surface area contributed by atoms with Crippen LogP contribution >= 0.6 is 11.6 Å². The highest BCUT2D eigenvalue weighted by Crippen LogP contribution is 2.21. The van der Waals surface area contributed by atoms with Crippen LogP contribution in [-0.2, 0) is 6.54 Å². The maximum Gasteiger partial charge on any atom is 0.311 e. The molecular weight excluding hydrogens is 254 g/mol. The summed E-state index contributed by atoms with van der Waals surface area (Å²) in [7, 11) is 0. The zero-order valence-electron chi connectivity index (χ0n) is 9.34. The number of halogens is 1. The molecule has 6 heteroatoms. The Labute approximate surface area is 109 Å². The molecule has 0 amide bonds. The van der Waals surface area contributed by atoms with Gasteiger partial charge in [-0.3, -0.25) is 10.1 Å². The molecule has 1 aromatic carbocycles. The molecule has 92 valence electrons. The van der Waals surface area contributed by atoms with E-state index in [0.717, 1.165) is 5.56 Å². The van der Waals surface area contributed by atoms with Crippen LogP contribution in [0.25, 0.3) is 0 Å². The maximum atomic E-state index is 10.8. The Morgan fingerprint density at radius 1 is 1.28 bits per heavy atom. The van der Waals surface area contributed by atoms with Crippen molar-refractivity contribution in [3.63, 3.8) is 0 Å². The second kappa shape index (κ2) is 5.46. The van der Waals surface area contributed by atoms with Gasteiger partial charge < -0.3 is 5.32 Å². The summed E-state index contributed by atoms with van der Waals surface area (Å²) < 4.78 is 0. The van der Waals surface area contributed by atoms with Gasteiger partial charge in [-0.05, 0) is 23.8 Å². The smallest absolute Gasteiger partial charge is 0.311 e. The first kappa shape index (κ1) is 12.3. The minimum Gasteiger partial charge on any atom is -0.360 e. The molecule has 0 saturated heterocycles. The summed E-state index contributed by atoms with van der Waals surface area (Å²) in [4.78, 5) is 14.3. The Balaban J connectivity index is 2.10. The lowest BCUT2D eigenvalue weighted by molar-refractivity contribution is -0.384. The fourth-order valence-electron chi connectivity index (χ4n) is 1.47. The summed E-state index contributed by atoms with van der Waals surface area (Å²) >= 11 is 5.77. The van der Waals surface area contributed by atoms with Crippen molar-refractivity contribution < 1.29 is 4.92 Å². The average Bonchev–Trinajstić information content (AvgIpc) is 2.38. The Bertz CT molecular complexity index is 558. The Kier molecular flexibility index (Phi) is 3.74. The molecule has 1 heterocycles. The number of nitrogens with zero attached hydrogens (tertiary/aromatic N) is 2. The zero-order chi connectivity index (χ0) is 13.0. The Morgan fingerprint density at radius 2 is 2.00 bits per heavy atom. The molecular formula is C12H10ClN3O2. The van der Waals surface area contributed by atoms with E-state index in [1.54, 1.807) is 12.1 Å². The lowest BCUT2D eigenvalue weighted by Gasteiger charge is -2.05. The highest BCUT2D eigenvalue weighted by atomic mass is 35.5. The van der Waals surface area contributed by atoms with Crippen LogP contribution < -0.4 is 5.32 Å². The quantitative estimate of drug-likeness (QED) is 0.679. The van der Waals surface area contributed by atoms with Crippen molar-refractivity contribution in [1.29, 1.82) is 0 Å². The molecule has 0 aliphatic rings. The maximum absolute atomic E-state index is 10.8. The molecule has 0 spiro atoms. The fraction of sp³-hybridized carbons (Fsp3) is 0.0833. The summed E-state index contributed by atoms with van der Waals surface area (Å²) in [6.07, 6.45) is 1.51. The molecule has 0 atom stereocenters. The fourth-order valence-corrected chi connectivity index (χ4v) is 1.59. The van der Waals surface area contributed by atoms with E-state index in [9.17, 15) is 10.1 Å². The van der Waals surface area contributed by atoms with Gasteiger partial charge in [0.25, 0.3) is 0 Å². The number of hydrogen-bond acceptors (Lipinski definition) is 4. The highest BCUT2D eigenvalue weighted by molar-refractivity contribution is 6.30. The van der Waals surface area contributed by atoms with Crippen LogP contribution in [0.1, 0.15) is 5.56 Å². The molecule has 0 radical (unpaired) electrons. The molecule has 0 bridgehead atoms. The molecule has 2 rings (SSSR count). The zero-order valence-corrected chi connectivity index (χ0v) is 10.1. The molecule has 18 heavy (non-hydrogen) atoms. The van der Waals surface area contributed by atoms with Crippen molar-refractivity contribution in [3.8, 4) is 0 Å². The van der Waals surface area contributed by atoms with Gasteiger partial charge in [0, 0.05) is 23.8 Å². The van der Waals surface area contributed by atoms with Crippen molar-refractivity contribution in [1.82, 2.24) is 4.98 Å². The third-order valence-electron chi connectivity index (χ3n) is 2.36. The van der Waals surface area contributed by atoms with Gasteiger partial charge in [0.05, 0.1) is 4.92 Å². The number of aromatic nitrogens is 1. The molecule has 0 unspecified atom stereocenters. The van der Waals surface area contributed by atoms with Crippen LogP contribution in [0.4, 0.5) is 11.5 Å². The third-order valence-corrected chi connectivity index (χ3v) is 2.61. The third kappa shape index (κ3) is 2.95. The Hall–Kier alpha value is -2.14. The second-order valence-corrected chi connectivity index (χ2v) is 4.04. The second-order valence-electron chi connectivity index (χ2n) is 3.61. The standard InChI is InChI=1S/C12H10ClN3O2/c13-10-5-3-9(4-6-10)8-15-12-11(16(17)18)2-1-7-14-12/h1-7H,8H2,(H,14,15). The summed E-state index contributed by atoms with van der Waals surface area (Å²) in [6, 6.07) is 10.2. The van der Waals surface area contributed by atoms with E-state index in [0.29, 0.717) is 11.6 Å². The normalized spacial score (nSPS) is 10.1. The van der Waals surface area contributed by atoms with Gasteiger partial charge in [-0.25, -0.2) is 4.98 Å². The molecule has 0 aliphatic carbocycles. The van der Waals surface area contributed by atoms with Crippen molar-refractivity contribution in [2.75, 3.05) is 5.32 Å². The summed E-state index contributed by atoms with van der Waals surface area (Å²) in [6.45, 7) is 0.453. The molecule has 1 N–H and O–H groups in total. The summed E-state index contributed by atoms with van der Waals surface area (Å²) in [5.74, 6) is 0.262. The van der Waals surface area contributed by atoms with Crippen LogP contribution in [0.2, 0.25) is 5.02 Å². The van der Waals surface area contributed by atoms with E-state index in [1.165, 1.54) is 18.3 Å². The van der Waals surface area contributed by atoms with Gasteiger partial charge in [0.15, 0.2) is 0 Å². The van der Waals surface area contributed by atoms with Crippen molar-refractivity contribution in [2.24, 2.45) is 0 Å². The first-order valence-electron chi connectivity index (χ1n) is 5.24. The van der Waals surface area contributed by atoms with E-state index in [1.807, 2.05) is 12.1 Å². The first-order chi connectivity index (χ1) is 8.66. The number of nitro groups is 1. The van der Waals surface area contributed by atoms with E-state index < -0.39 is 4.92 Å². The first-order valence-corrected chi connectivity index (χ1v) is 5.62. The molecule has 5 nitrogen and oxygen atoms in total. The minimum absolute atomic E-state index is 0.0357. The van der Waals surface area contributed by atoms with E-state index in [2.05, 4.69) is 10.3 Å². The largest absolute Gasteiger partial charge is 0.360 e. The number of pyridine rings is 1. The van der Waals surface area contributed by atoms with E-state index in [4.69, 9.17) is 11.6 Å². The number of nitrogens with one attached hydrogen (secondary N) is 1. The van der Waals surface area contributed by atoms with Crippen LogP contribution in [0.15, 0.2) is 42.6 Å². The lowest BCUT2D eigenvalue weighted by Crippen LogP contribution is -2.04. The molecule has 2 aromatic rings. The van der Waals surface area contributed by atoms with Crippen molar-refractivity contribution >= 4 is 23.1 Å². The van der Waals surface area contributed by atoms with Crippen molar-refractivity contribution in [3.05, 3.63) is 63.3 Å². The summed E-state index contributed by atoms with van der Waals surface area (Å²) in [5.41, 5.74) is 0.936. The van der Waals surface area contributed by atoms with Gasteiger partial charge >= 0.3 is 5.69 Å². The van der Waals surface area contributed by atoms with Crippen LogP contribution in [0, 0.1) is 10.1 Å². The van der Waals surface area contributed by atoms with Crippen LogP contribution in [-0.4, -0.2) is 9.91 Å². The van der Waals surface area contributed by atoms with Gasteiger partial charge in [0.2, 0.25) is 5.82 Å². The number of anilines is 1. The predicted octanol–water partition coefficient (Wildman–Crippen LogP) is 3.26. The van der Waals surface area contributed by atoms with Gasteiger partial charge in [0.1, 0.15) is 0 Å². The van der Waals surface area contributed by atoms with Gasteiger partial charge in [-0.15, -0.1) is 0 Å². The van der Waals surface area contributed by atoms with Crippen LogP contribution in [0.3, 0.4) is 0 Å². The van der Waals surface area contributed by atoms with E-state index >= 15 is 0 Å². The highest BCUT2D eigenvalue weighted by Gasteiger charge is 2.13. The molecule has 0 saturated carbocycles. The number of benzene rings is 1. The SMILES string of the molecule is O=[N+]([O-])c1cccnc1NCc1ccc(Cl)cc1. The van der Waals surface area contributed by atoms with Crippen molar-refractivity contribution in [2.45, 2.75) is 6.54 Å². The predicted molar refractivity (Wildman–Crippen MR) is 69.7 cm³/mol. The number of hydrogen-bond donors (Lipinski definition) is 1. The summed E-state index contributed by atoms with van der Waals surface area (Å²) in [5, 5.41) is 14.4. The molecule has 1 aromatic heterocycles. The lowest BCUT2D eigenvalue weighted by atomic mass is 10.2. The van der Waals surface area contributed by atoms with Gasteiger partial charge in [-0.1, -0.05) is 23.7 Å². The molecule has 0 aliphatic heterocycles. The average molecular weight is 264 g/mol. The monoisotopic (exact) mass is 263 g/mol. The Morgan fingerprint density at radius 3 is 2.67 bits per heavy atom. The van der Waals surface area contributed by atoms with Gasteiger partial charge in [-0.2, -0.15) is 0 Å². The minimum atomic E-state index is -0.461. The topological polar surface area (TPSA) is 68.1 Å². The van der Waals surface area contributed by atoms with Crippen LogP contribution in [0.5, 0.6) is 0 Å². The number of rotatable bonds is 4.